The number of aliphatic hydroxyl groups excluding tert-OH is 1. The summed E-state index contributed by atoms with van der Waals surface area (Å²) in [5.74, 6) is -0.930. The molecule has 3 aromatic rings. The van der Waals surface area contributed by atoms with Crippen LogP contribution >= 0.6 is 0 Å². The second-order valence-corrected chi connectivity index (χ2v) is 9.47. The summed E-state index contributed by atoms with van der Waals surface area (Å²) in [6, 6.07) is 13.0. The summed E-state index contributed by atoms with van der Waals surface area (Å²) in [6.45, 7) is 7.08. The summed E-state index contributed by atoms with van der Waals surface area (Å²) in [5.41, 5.74) is 1.44. The zero-order valence-corrected chi connectivity index (χ0v) is 21.7. The summed E-state index contributed by atoms with van der Waals surface area (Å²) in [5, 5.41) is 11.2. The van der Waals surface area contributed by atoms with Crippen LogP contribution < -0.4 is 9.47 Å². The molecule has 1 aliphatic rings. The van der Waals surface area contributed by atoms with Crippen molar-refractivity contribution in [2.45, 2.75) is 39.8 Å². The Labute approximate surface area is 221 Å². The highest BCUT2D eigenvalue weighted by atomic mass is 19.1. The number of carbonyl (C=O) groups excluding carboxylic acids is 2. The van der Waals surface area contributed by atoms with Crippen molar-refractivity contribution in [3.05, 3.63) is 95.1 Å². The molecule has 1 unspecified atom stereocenters. The van der Waals surface area contributed by atoms with Gasteiger partial charge in [-0.05, 0) is 72.9 Å². The molecule has 1 aromatic heterocycles. The summed E-state index contributed by atoms with van der Waals surface area (Å²) in [4.78, 5) is 32.1. The number of likely N-dealkylation sites (tertiary alicyclic amines) is 1. The minimum Gasteiger partial charge on any atom is -0.507 e. The van der Waals surface area contributed by atoms with E-state index >= 15 is 0 Å². The van der Waals surface area contributed by atoms with E-state index in [1.54, 1.807) is 42.7 Å². The van der Waals surface area contributed by atoms with Gasteiger partial charge in [-0.2, -0.15) is 0 Å². The van der Waals surface area contributed by atoms with Gasteiger partial charge in [0.05, 0.1) is 24.8 Å². The lowest BCUT2D eigenvalue weighted by Crippen LogP contribution is -2.29. The number of aliphatic hydroxyl groups is 1. The van der Waals surface area contributed by atoms with Crippen LogP contribution in [0.5, 0.6) is 11.5 Å². The molecule has 198 valence electrons. The molecule has 38 heavy (non-hydrogen) atoms. The number of benzene rings is 2. The molecule has 1 amide bonds. The number of halogens is 1. The van der Waals surface area contributed by atoms with Gasteiger partial charge >= 0.3 is 0 Å². The third kappa shape index (κ3) is 5.85. The predicted octanol–water partition coefficient (Wildman–Crippen LogP) is 5.67. The van der Waals surface area contributed by atoms with Gasteiger partial charge in [0.25, 0.3) is 11.7 Å². The minimum atomic E-state index is -0.913. The lowest BCUT2D eigenvalue weighted by atomic mass is 9.94. The monoisotopic (exact) mass is 518 g/mol. The molecule has 0 aliphatic carbocycles. The van der Waals surface area contributed by atoms with E-state index in [1.165, 1.54) is 29.2 Å². The number of hydrogen-bond acceptors (Lipinski definition) is 6. The first-order valence-corrected chi connectivity index (χ1v) is 12.6. The molecule has 1 fully saturated rings. The van der Waals surface area contributed by atoms with Gasteiger partial charge in [-0.15, -0.1) is 0 Å². The molecule has 4 rings (SSSR count). The van der Waals surface area contributed by atoms with E-state index in [-0.39, 0.29) is 23.4 Å². The Kier molecular flexibility index (Phi) is 8.41. The molecule has 8 heteroatoms. The van der Waals surface area contributed by atoms with Crippen molar-refractivity contribution < 1.29 is 28.6 Å². The van der Waals surface area contributed by atoms with Crippen LogP contribution in [0.1, 0.15) is 49.9 Å². The number of pyridine rings is 1. The number of carbonyl (C=O) groups is 2. The van der Waals surface area contributed by atoms with Gasteiger partial charge in [0.1, 0.15) is 11.6 Å². The Morgan fingerprint density at radius 3 is 2.50 bits per heavy atom. The lowest BCUT2D eigenvalue weighted by Gasteiger charge is -2.26. The highest BCUT2D eigenvalue weighted by Gasteiger charge is 2.46. The van der Waals surface area contributed by atoms with Crippen molar-refractivity contribution in [2.75, 3.05) is 13.2 Å². The van der Waals surface area contributed by atoms with Gasteiger partial charge in [0, 0.05) is 24.5 Å². The summed E-state index contributed by atoms with van der Waals surface area (Å²) in [7, 11) is 0. The van der Waals surface area contributed by atoms with E-state index in [1.807, 2.05) is 6.92 Å². The molecule has 0 saturated carbocycles. The maximum absolute atomic E-state index is 13.5. The zero-order valence-electron chi connectivity index (χ0n) is 21.7. The van der Waals surface area contributed by atoms with E-state index < -0.39 is 23.5 Å². The molecular formula is C30H31FN2O5. The van der Waals surface area contributed by atoms with Crippen LogP contribution in [0.15, 0.2) is 72.6 Å². The molecule has 2 heterocycles. The first-order valence-electron chi connectivity index (χ1n) is 12.6. The van der Waals surface area contributed by atoms with E-state index in [0.717, 1.165) is 12.0 Å². The van der Waals surface area contributed by atoms with Crippen molar-refractivity contribution in [1.29, 1.82) is 0 Å². The number of rotatable bonds is 10. The number of Topliss-reactive ketones (excluding diaryl/α,β-unsaturated/α-hetero) is 1. The van der Waals surface area contributed by atoms with Gasteiger partial charge in [-0.1, -0.05) is 26.0 Å². The Morgan fingerprint density at radius 1 is 1.08 bits per heavy atom. The van der Waals surface area contributed by atoms with Crippen LogP contribution in [0.3, 0.4) is 0 Å². The summed E-state index contributed by atoms with van der Waals surface area (Å²) >= 11 is 0. The maximum Gasteiger partial charge on any atom is 0.295 e. The SMILES string of the molecule is CCOc1cc(C2C(=C(O)c3ccc(F)cc3)C(=O)C(=O)N2Cc2cccnc2)ccc1OCCC(C)C. The van der Waals surface area contributed by atoms with Crippen LogP contribution in [0.4, 0.5) is 4.39 Å². The number of ether oxygens (including phenoxy) is 2. The minimum absolute atomic E-state index is 0.0820. The molecule has 0 spiro atoms. The standard InChI is InChI=1S/C30H31FN2O5/c1-4-37-25-16-22(9-12-24(25)38-15-13-19(2)3)27-26(28(34)21-7-10-23(31)11-8-21)29(35)30(36)33(27)18-20-6-5-14-32-17-20/h5-12,14,16-17,19,27,34H,4,13,15,18H2,1-3H3. The van der Waals surface area contributed by atoms with Gasteiger partial charge in [-0.3, -0.25) is 14.6 Å². The fraction of sp³-hybridized carbons (Fsp3) is 0.300. The quantitative estimate of drug-likeness (QED) is 0.211. The van der Waals surface area contributed by atoms with Crippen molar-refractivity contribution in [2.24, 2.45) is 5.92 Å². The lowest BCUT2D eigenvalue weighted by molar-refractivity contribution is -0.140. The highest BCUT2D eigenvalue weighted by Crippen LogP contribution is 2.42. The largest absolute Gasteiger partial charge is 0.507 e. The fourth-order valence-electron chi connectivity index (χ4n) is 4.33. The van der Waals surface area contributed by atoms with Crippen molar-refractivity contribution in [1.82, 2.24) is 9.88 Å². The molecule has 1 aliphatic heterocycles. The average Bonchev–Trinajstić information content (AvgIpc) is 3.15. The molecule has 2 aromatic carbocycles. The van der Waals surface area contributed by atoms with E-state index in [4.69, 9.17) is 9.47 Å². The second-order valence-electron chi connectivity index (χ2n) is 9.47. The smallest absolute Gasteiger partial charge is 0.295 e. The molecule has 1 saturated heterocycles. The third-order valence-electron chi connectivity index (χ3n) is 6.27. The Balaban J connectivity index is 1.81. The Bertz CT molecular complexity index is 1320. The zero-order chi connectivity index (χ0) is 27.2. The van der Waals surface area contributed by atoms with Crippen LogP contribution in [0.2, 0.25) is 0 Å². The maximum atomic E-state index is 13.5. The molecule has 0 radical (unpaired) electrons. The van der Waals surface area contributed by atoms with E-state index in [0.29, 0.717) is 36.2 Å². The highest BCUT2D eigenvalue weighted by molar-refractivity contribution is 6.46. The topological polar surface area (TPSA) is 89.0 Å². The van der Waals surface area contributed by atoms with Gasteiger partial charge in [0.2, 0.25) is 0 Å². The number of hydrogen-bond donors (Lipinski definition) is 1. The van der Waals surface area contributed by atoms with Crippen molar-refractivity contribution in [3.63, 3.8) is 0 Å². The molecule has 0 bridgehead atoms. The van der Waals surface area contributed by atoms with Crippen LogP contribution in [0.25, 0.3) is 5.76 Å². The molecule has 7 nitrogen and oxygen atoms in total. The number of aromatic nitrogens is 1. The van der Waals surface area contributed by atoms with E-state index in [9.17, 15) is 19.1 Å². The van der Waals surface area contributed by atoms with Crippen molar-refractivity contribution in [3.8, 4) is 11.5 Å². The first kappa shape index (κ1) is 26.9. The molecule has 1 N–H and O–H groups in total. The summed E-state index contributed by atoms with van der Waals surface area (Å²) in [6.07, 6.45) is 4.11. The number of nitrogens with zero attached hydrogens (tertiary/aromatic N) is 2. The van der Waals surface area contributed by atoms with Gasteiger partial charge < -0.3 is 19.5 Å². The summed E-state index contributed by atoms with van der Waals surface area (Å²) < 4.78 is 25.4. The second kappa shape index (κ2) is 11.9. The molecule has 1 atom stereocenters. The number of amides is 1. The molecular weight excluding hydrogens is 487 g/mol. The number of ketones is 1. The van der Waals surface area contributed by atoms with Crippen LogP contribution in [-0.4, -0.2) is 39.9 Å². The predicted molar refractivity (Wildman–Crippen MR) is 141 cm³/mol. The van der Waals surface area contributed by atoms with E-state index in [2.05, 4.69) is 18.8 Å². The first-order chi connectivity index (χ1) is 18.3. The van der Waals surface area contributed by atoms with Gasteiger partial charge in [0.15, 0.2) is 11.5 Å². The Hall–Kier alpha value is -4.20. The van der Waals surface area contributed by atoms with Gasteiger partial charge in [-0.25, -0.2) is 4.39 Å². The fourth-order valence-corrected chi connectivity index (χ4v) is 4.33. The third-order valence-corrected chi connectivity index (χ3v) is 6.27. The average molecular weight is 519 g/mol. The Morgan fingerprint density at radius 2 is 1.84 bits per heavy atom. The van der Waals surface area contributed by atoms with Crippen LogP contribution in [0, 0.1) is 11.7 Å². The van der Waals surface area contributed by atoms with Crippen molar-refractivity contribution >= 4 is 17.4 Å². The van der Waals surface area contributed by atoms with Crippen LogP contribution in [-0.2, 0) is 16.1 Å². The normalized spacial score (nSPS) is 16.8.